The van der Waals surface area contributed by atoms with E-state index in [1.807, 2.05) is 0 Å². The molecular formula is C16H26ClN3. The predicted octanol–water partition coefficient (Wildman–Crippen LogP) is 4.00. The molecule has 0 aliphatic carbocycles. The van der Waals surface area contributed by atoms with E-state index in [1.54, 1.807) is 6.20 Å². The fourth-order valence-electron chi connectivity index (χ4n) is 2.68. The second-order valence-corrected chi connectivity index (χ2v) is 7.04. The van der Waals surface area contributed by atoms with Gasteiger partial charge in [-0.25, -0.2) is 4.98 Å². The molecule has 0 saturated carbocycles. The summed E-state index contributed by atoms with van der Waals surface area (Å²) in [5.41, 5.74) is 1.22. The summed E-state index contributed by atoms with van der Waals surface area (Å²) in [6, 6.07) is 2.78. The number of pyridine rings is 1. The third-order valence-corrected chi connectivity index (χ3v) is 4.21. The summed E-state index contributed by atoms with van der Waals surface area (Å²) in [6.07, 6.45) is 5.51. The van der Waals surface area contributed by atoms with Gasteiger partial charge in [0, 0.05) is 30.9 Å². The summed E-state index contributed by atoms with van der Waals surface area (Å²) in [5, 5.41) is 4.24. The van der Waals surface area contributed by atoms with Crippen molar-refractivity contribution in [2.24, 2.45) is 0 Å². The van der Waals surface area contributed by atoms with Crippen LogP contribution in [0.5, 0.6) is 0 Å². The molecule has 0 aromatic carbocycles. The molecule has 1 unspecified atom stereocenters. The van der Waals surface area contributed by atoms with Crippen LogP contribution in [0.2, 0.25) is 5.02 Å². The first-order valence-corrected chi connectivity index (χ1v) is 7.94. The van der Waals surface area contributed by atoms with Crippen molar-refractivity contribution in [1.82, 2.24) is 10.3 Å². The number of nitrogens with one attached hydrogen (secondary N) is 1. The van der Waals surface area contributed by atoms with Gasteiger partial charge in [-0.1, -0.05) is 18.5 Å². The van der Waals surface area contributed by atoms with E-state index in [0.717, 1.165) is 29.5 Å². The standard InChI is InChI=1S/C16H26ClN3/c1-5-13-7-6-8-20(13)15-9-12(14(17)11-18-15)10-19-16(2,3)4/h9,11,13,19H,5-8,10H2,1-4H3. The number of nitrogens with zero attached hydrogens (tertiary/aromatic N) is 2. The maximum atomic E-state index is 6.28. The Morgan fingerprint density at radius 1 is 1.45 bits per heavy atom. The van der Waals surface area contributed by atoms with E-state index in [2.05, 4.69) is 49.0 Å². The van der Waals surface area contributed by atoms with Gasteiger partial charge in [0.2, 0.25) is 0 Å². The monoisotopic (exact) mass is 295 g/mol. The number of hydrogen-bond donors (Lipinski definition) is 1. The topological polar surface area (TPSA) is 28.2 Å². The maximum Gasteiger partial charge on any atom is 0.129 e. The Bertz CT molecular complexity index is 454. The minimum absolute atomic E-state index is 0.0896. The first-order valence-electron chi connectivity index (χ1n) is 7.57. The third-order valence-electron chi connectivity index (χ3n) is 3.87. The Hall–Kier alpha value is -0.800. The smallest absolute Gasteiger partial charge is 0.129 e. The molecule has 0 bridgehead atoms. The van der Waals surface area contributed by atoms with Crippen molar-refractivity contribution in [2.75, 3.05) is 11.4 Å². The van der Waals surface area contributed by atoms with Crippen molar-refractivity contribution in [3.05, 3.63) is 22.8 Å². The lowest BCUT2D eigenvalue weighted by Crippen LogP contribution is -2.35. The van der Waals surface area contributed by atoms with Crippen LogP contribution in [-0.2, 0) is 6.54 Å². The van der Waals surface area contributed by atoms with E-state index in [4.69, 9.17) is 11.6 Å². The molecule has 1 aliphatic heterocycles. The molecule has 1 saturated heterocycles. The molecule has 4 heteroatoms. The molecule has 1 fully saturated rings. The second-order valence-electron chi connectivity index (χ2n) is 6.64. The van der Waals surface area contributed by atoms with Crippen molar-refractivity contribution in [3.63, 3.8) is 0 Å². The predicted molar refractivity (Wildman–Crippen MR) is 86.5 cm³/mol. The Morgan fingerprint density at radius 2 is 2.20 bits per heavy atom. The lowest BCUT2D eigenvalue weighted by molar-refractivity contribution is 0.424. The van der Waals surface area contributed by atoms with Gasteiger partial charge in [0.05, 0.1) is 5.02 Å². The van der Waals surface area contributed by atoms with Crippen molar-refractivity contribution in [1.29, 1.82) is 0 Å². The van der Waals surface area contributed by atoms with Crippen molar-refractivity contribution < 1.29 is 0 Å². The highest BCUT2D eigenvalue weighted by molar-refractivity contribution is 6.31. The third kappa shape index (κ3) is 3.86. The van der Waals surface area contributed by atoms with Crippen molar-refractivity contribution >= 4 is 17.4 Å². The summed E-state index contributed by atoms with van der Waals surface area (Å²) in [4.78, 5) is 6.96. The lowest BCUT2D eigenvalue weighted by Gasteiger charge is -2.26. The average molecular weight is 296 g/mol. The first kappa shape index (κ1) is 15.6. The summed E-state index contributed by atoms with van der Waals surface area (Å²) in [6.45, 7) is 10.6. The molecule has 0 amide bonds. The highest BCUT2D eigenvalue weighted by atomic mass is 35.5. The van der Waals surface area contributed by atoms with Gasteiger partial charge in [0.1, 0.15) is 5.82 Å². The summed E-state index contributed by atoms with van der Waals surface area (Å²) in [5.74, 6) is 1.07. The number of rotatable bonds is 4. The molecule has 2 heterocycles. The summed E-state index contributed by atoms with van der Waals surface area (Å²) in [7, 11) is 0. The molecule has 1 aromatic rings. The number of anilines is 1. The van der Waals surface area contributed by atoms with E-state index in [9.17, 15) is 0 Å². The minimum Gasteiger partial charge on any atom is -0.354 e. The van der Waals surface area contributed by atoms with Gasteiger partial charge >= 0.3 is 0 Å². The normalized spacial score (nSPS) is 19.6. The van der Waals surface area contributed by atoms with Crippen LogP contribution in [0.4, 0.5) is 5.82 Å². The second kappa shape index (κ2) is 6.31. The van der Waals surface area contributed by atoms with E-state index in [1.165, 1.54) is 19.3 Å². The van der Waals surface area contributed by atoms with Gasteiger partial charge in [0.15, 0.2) is 0 Å². The largest absolute Gasteiger partial charge is 0.354 e. The van der Waals surface area contributed by atoms with E-state index < -0.39 is 0 Å². The highest BCUT2D eigenvalue weighted by Crippen LogP contribution is 2.28. The van der Waals surface area contributed by atoms with E-state index >= 15 is 0 Å². The Balaban J connectivity index is 2.15. The van der Waals surface area contributed by atoms with Gasteiger partial charge in [-0.05, 0) is 51.7 Å². The molecule has 20 heavy (non-hydrogen) atoms. The van der Waals surface area contributed by atoms with Crippen LogP contribution < -0.4 is 10.2 Å². The first-order chi connectivity index (χ1) is 9.40. The highest BCUT2D eigenvalue weighted by Gasteiger charge is 2.24. The van der Waals surface area contributed by atoms with Crippen LogP contribution in [-0.4, -0.2) is 23.1 Å². The summed E-state index contributed by atoms with van der Waals surface area (Å²) < 4.78 is 0. The lowest BCUT2D eigenvalue weighted by atomic mass is 10.1. The molecule has 3 nitrogen and oxygen atoms in total. The van der Waals surface area contributed by atoms with Gasteiger partial charge in [0.25, 0.3) is 0 Å². The Labute approximate surface area is 127 Å². The zero-order valence-corrected chi connectivity index (χ0v) is 13.8. The van der Waals surface area contributed by atoms with Gasteiger partial charge in [-0.3, -0.25) is 0 Å². The molecule has 1 aromatic heterocycles. The van der Waals surface area contributed by atoms with E-state index in [0.29, 0.717) is 6.04 Å². The molecule has 1 atom stereocenters. The minimum atomic E-state index is 0.0896. The molecule has 1 N–H and O–H groups in total. The van der Waals surface area contributed by atoms with Crippen LogP contribution in [0.25, 0.3) is 0 Å². The van der Waals surface area contributed by atoms with Crippen LogP contribution in [0, 0.1) is 0 Å². The fourth-order valence-corrected chi connectivity index (χ4v) is 2.85. The molecule has 1 aliphatic rings. The fraction of sp³-hybridized carbons (Fsp3) is 0.688. The van der Waals surface area contributed by atoms with Crippen molar-refractivity contribution in [3.8, 4) is 0 Å². The number of halogens is 1. The van der Waals surface area contributed by atoms with Crippen LogP contribution in [0.3, 0.4) is 0 Å². The Kier molecular flexibility index (Phi) is 4.92. The molecular weight excluding hydrogens is 270 g/mol. The molecule has 0 radical (unpaired) electrons. The maximum absolute atomic E-state index is 6.28. The van der Waals surface area contributed by atoms with Crippen LogP contribution in [0.1, 0.15) is 52.5 Å². The van der Waals surface area contributed by atoms with E-state index in [-0.39, 0.29) is 5.54 Å². The molecule has 112 valence electrons. The zero-order chi connectivity index (χ0) is 14.8. The quantitative estimate of drug-likeness (QED) is 0.910. The zero-order valence-electron chi connectivity index (χ0n) is 13.0. The molecule has 2 rings (SSSR count). The van der Waals surface area contributed by atoms with Gasteiger partial charge in [-0.2, -0.15) is 0 Å². The average Bonchev–Trinajstić information content (AvgIpc) is 2.85. The number of aromatic nitrogens is 1. The Morgan fingerprint density at radius 3 is 2.85 bits per heavy atom. The number of hydrogen-bond acceptors (Lipinski definition) is 3. The SMILES string of the molecule is CCC1CCCN1c1cc(CNC(C)(C)C)c(Cl)cn1. The summed E-state index contributed by atoms with van der Waals surface area (Å²) >= 11 is 6.28. The van der Waals surface area contributed by atoms with Gasteiger partial charge in [-0.15, -0.1) is 0 Å². The van der Waals surface area contributed by atoms with Crippen molar-refractivity contribution in [2.45, 2.75) is 65.1 Å². The van der Waals surface area contributed by atoms with Crippen LogP contribution in [0.15, 0.2) is 12.3 Å². The van der Waals surface area contributed by atoms with Gasteiger partial charge < -0.3 is 10.2 Å². The molecule has 0 spiro atoms. The van der Waals surface area contributed by atoms with Crippen LogP contribution >= 0.6 is 11.6 Å².